The van der Waals surface area contributed by atoms with Crippen LogP contribution >= 0.6 is 0 Å². The lowest BCUT2D eigenvalue weighted by atomic mass is 9.84. The summed E-state index contributed by atoms with van der Waals surface area (Å²) in [6, 6.07) is 17.3. The molecule has 4 heterocycles. The summed E-state index contributed by atoms with van der Waals surface area (Å²) >= 11 is 0. The van der Waals surface area contributed by atoms with E-state index in [0.29, 0.717) is 34.5 Å². The molecule has 9 heteroatoms. The van der Waals surface area contributed by atoms with E-state index in [9.17, 15) is 14.4 Å². The van der Waals surface area contributed by atoms with Gasteiger partial charge in [0.25, 0.3) is 5.91 Å². The number of furan rings is 1. The van der Waals surface area contributed by atoms with Crippen molar-refractivity contribution in [3.63, 3.8) is 0 Å². The predicted octanol–water partition coefficient (Wildman–Crippen LogP) is 4.37. The van der Waals surface area contributed by atoms with Gasteiger partial charge in [-0.25, -0.2) is 4.79 Å². The lowest BCUT2D eigenvalue weighted by Gasteiger charge is -2.44. The fourth-order valence-corrected chi connectivity index (χ4v) is 4.83. The third-order valence-electron chi connectivity index (χ3n) is 6.69. The van der Waals surface area contributed by atoms with Gasteiger partial charge in [0.15, 0.2) is 5.76 Å². The van der Waals surface area contributed by atoms with Crippen molar-refractivity contribution in [2.45, 2.75) is 25.8 Å². The summed E-state index contributed by atoms with van der Waals surface area (Å²) in [6.45, 7) is 4.60. The summed E-state index contributed by atoms with van der Waals surface area (Å²) in [5, 5.41) is 11.3. The molecule has 2 bridgehead atoms. The second kappa shape index (κ2) is 10.2. The highest BCUT2D eigenvalue weighted by Crippen LogP contribution is 2.28. The molecule has 0 radical (unpaired) electrons. The van der Waals surface area contributed by atoms with Crippen LogP contribution in [0.25, 0.3) is 11.3 Å². The Morgan fingerprint density at radius 1 is 0.806 bits per heavy atom. The minimum absolute atomic E-state index is 0.157. The summed E-state index contributed by atoms with van der Waals surface area (Å²) in [5.74, 6) is 1.10. The second-order valence-electron chi connectivity index (χ2n) is 9.30. The average molecular weight is 488 g/mol. The molecule has 4 amide bonds. The van der Waals surface area contributed by atoms with Crippen molar-refractivity contribution in [1.82, 2.24) is 10.2 Å². The molecular formula is C27H29N5O4. The molecule has 1 aromatic heterocycles. The Kier molecular flexibility index (Phi) is 6.73. The van der Waals surface area contributed by atoms with E-state index in [1.54, 1.807) is 48.5 Å². The molecule has 3 saturated heterocycles. The van der Waals surface area contributed by atoms with Crippen molar-refractivity contribution in [3.8, 4) is 11.3 Å². The van der Waals surface area contributed by atoms with Crippen LogP contribution in [0.5, 0.6) is 0 Å². The normalized spacial score (nSPS) is 20.4. The molecule has 0 saturated carbocycles. The van der Waals surface area contributed by atoms with Crippen LogP contribution < -0.4 is 21.3 Å². The van der Waals surface area contributed by atoms with Crippen LogP contribution in [0.1, 0.15) is 30.3 Å². The first kappa shape index (κ1) is 23.6. The van der Waals surface area contributed by atoms with E-state index in [-0.39, 0.29) is 23.9 Å². The van der Waals surface area contributed by atoms with Gasteiger partial charge in [0.1, 0.15) is 5.76 Å². The topological polar surface area (TPSA) is 116 Å². The minimum atomic E-state index is -0.389. The molecule has 0 spiro atoms. The number of fused-ring (bicyclic) bond motifs is 3. The Balaban J connectivity index is 1.15. The molecule has 1 unspecified atom stereocenters. The largest absolute Gasteiger partial charge is 0.451 e. The highest BCUT2D eigenvalue weighted by atomic mass is 16.3. The van der Waals surface area contributed by atoms with Gasteiger partial charge in [-0.15, -0.1) is 0 Å². The molecule has 36 heavy (non-hydrogen) atoms. The number of carbonyl (C=O) groups is 3. The van der Waals surface area contributed by atoms with E-state index in [1.807, 2.05) is 12.1 Å². The van der Waals surface area contributed by atoms with E-state index in [0.717, 1.165) is 38.0 Å². The number of rotatable bonds is 6. The second-order valence-corrected chi connectivity index (χ2v) is 9.30. The Morgan fingerprint density at radius 2 is 1.39 bits per heavy atom. The van der Waals surface area contributed by atoms with Crippen molar-refractivity contribution in [2.75, 3.05) is 35.6 Å². The summed E-state index contributed by atoms with van der Waals surface area (Å²) in [6.07, 6.45) is 2.27. The van der Waals surface area contributed by atoms with E-state index < -0.39 is 0 Å². The maximum Gasteiger partial charge on any atom is 0.323 e. The van der Waals surface area contributed by atoms with Crippen molar-refractivity contribution < 1.29 is 18.8 Å². The third kappa shape index (κ3) is 5.58. The van der Waals surface area contributed by atoms with Crippen LogP contribution in [0.2, 0.25) is 0 Å². The zero-order valence-electron chi connectivity index (χ0n) is 20.0. The number of urea groups is 1. The quantitative estimate of drug-likeness (QED) is 0.412. The third-order valence-corrected chi connectivity index (χ3v) is 6.69. The van der Waals surface area contributed by atoms with Gasteiger partial charge in [-0.3, -0.25) is 9.59 Å². The molecular weight excluding hydrogens is 458 g/mol. The van der Waals surface area contributed by atoms with Crippen LogP contribution in [-0.2, 0) is 4.79 Å². The van der Waals surface area contributed by atoms with Gasteiger partial charge >= 0.3 is 6.03 Å². The number of hydrogen-bond acceptors (Lipinski definition) is 5. The van der Waals surface area contributed by atoms with Crippen LogP contribution in [0, 0.1) is 5.92 Å². The summed E-state index contributed by atoms with van der Waals surface area (Å²) in [5.41, 5.74) is 2.66. The van der Waals surface area contributed by atoms with Gasteiger partial charge in [-0.2, -0.15) is 0 Å². The van der Waals surface area contributed by atoms with E-state index in [1.165, 1.54) is 6.92 Å². The van der Waals surface area contributed by atoms with Crippen molar-refractivity contribution in [2.24, 2.45) is 5.92 Å². The van der Waals surface area contributed by atoms with Gasteiger partial charge < -0.3 is 30.6 Å². The molecule has 3 fully saturated rings. The van der Waals surface area contributed by atoms with Gasteiger partial charge in [0, 0.05) is 42.1 Å². The summed E-state index contributed by atoms with van der Waals surface area (Å²) in [7, 11) is 0. The molecule has 3 aliphatic rings. The Labute approximate surface area is 209 Å². The predicted molar refractivity (Wildman–Crippen MR) is 138 cm³/mol. The molecule has 3 aliphatic heterocycles. The fourth-order valence-electron chi connectivity index (χ4n) is 4.83. The Hall–Kier alpha value is -4.11. The molecule has 2 aromatic carbocycles. The van der Waals surface area contributed by atoms with E-state index in [2.05, 4.69) is 26.2 Å². The molecule has 1 atom stereocenters. The van der Waals surface area contributed by atoms with Crippen LogP contribution in [0.4, 0.5) is 21.9 Å². The van der Waals surface area contributed by atoms with Crippen molar-refractivity contribution >= 4 is 34.9 Å². The maximum absolute atomic E-state index is 12.7. The Morgan fingerprint density at radius 3 is 1.94 bits per heavy atom. The summed E-state index contributed by atoms with van der Waals surface area (Å²) < 4.78 is 5.84. The zero-order valence-corrected chi connectivity index (χ0v) is 20.0. The lowest BCUT2D eigenvalue weighted by molar-refractivity contribution is -0.114. The van der Waals surface area contributed by atoms with E-state index in [4.69, 9.17) is 4.42 Å². The first-order valence-electron chi connectivity index (χ1n) is 12.1. The lowest BCUT2D eigenvalue weighted by Crippen LogP contribution is -2.57. The van der Waals surface area contributed by atoms with Gasteiger partial charge in [-0.05, 0) is 92.5 Å². The smallest absolute Gasteiger partial charge is 0.323 e. The molecule has 9 nitrogen and oxygen atoms in total. The molecule has 186 valence electrons. The number of benzene rings is 2. The number of amides is 4. The summed E-state index contributed by atoms with van der Waals surface area (Å²) in [4.78, 5) is 38.6. The highest BCUT2D eigenvalue weighted by molar-refractivity contribution is 6.00. The minimum Gasteiger partial charge on any atom is -0.451 e. The Bertz CT molecular complexity index is 1240. The fraction of sp³-hybridized carbons (Fsp3) is 0.296. The van der Waals surface area contributed by atoms with Crippen LogP contribution in [-0.4, -0.2) is 48.4 Å². The average Bonchev–Trinajstić information content (AvgIpc) is 3.37. The number of anilines is 3. The first-order valence-corrected chi connectivity index (χ1v) is 12.1. The van der Waals surface area contributed by atoms with Crippen LogP contribution in [0.3, 0.4) is 0 Å². The van der Waals surface area contributed by atoms with Crippen molar-refractivity contribution in [3.05, 3.63) is 66.4 Å². The first-order chi connectivity index (χ1) is 17.4. The molecule has 3 aromatic rings. The number of hydrogen-bond donors (Lipinski definition) is 4. The molecule has 4 N–H and O–H groups in total. The number of nitrogens with zero attached hydrogens (tertiary/aromatic N) is 1. The van der Waals surface area contributed by atoms with Crippen molar-refractivity contribution in [1.29, 1.82) is 0 Å². The van der Waals surface area contributed by atoms with Gasteiger partial charge in [0.05, 0.1) is 0 Å². The number of nitrogens with one attached hydrogen (secondary N) is 4. The SMILES string of the molecule is CC(=O)Nc1ccc(NC(=O)Nc2ccc(-c3ccc(C(=O)NC4CN5CCC4CC5)o3)cc2)cc1. The maximum atomic E-state index is 12.7. The standard InChI is InChI=1S/C27H29N5O4/c1-17(33)28-20-6-8-22(9-7-20)30-27(35)29-21-4-2-19(3-5-21)24-10-11-25(36-24)26(34)31-23-16-32-14-12-18(23)13-15-32/h2-11,18,23H,12-16H2,1H3,(H,28,33)(H,31,34)(H2,29,30,35). The zero-order chi connectivity index (χ0) is 25.1. The van der Waals surface area contributed by atoms with Gasteiger partial charge in [0.2, 0.25) is 5.91 Å². The van der Waals surface area contributed by atoms with Gasteiger partial charge in [-0.1, -0.05) is 0 Å². The number of piperidine rings is 3. The van der Waals surface area contributed by atoms with E-state index >= 15 is 0 Å². The monoisotopic (exact) mass is 487 g/mol. The molecule has 6 rings (SSSR count). The highest BCUT2D eigenvalue weighted by Gasteiger charge is 2.35. The molecule has 0 aliphatic carbocycles. The van der Waals surface area contributed by atoms with Crippen LogP contribution in [0.15, 0.2) is 65.1 Å². The number of carbonyl (C=O) groups excluding carboxylic acids is 3.